The second kappa shape index (κ2) is 7.62. The summed E-state index contributed by atoms with van der Waals surface area (Å²) in [5.74, 6) is -0.190. The molecule has 1 aromatic heterocycles. The van der Waals surface area contributed by atoms with Crippen LogP contribution in [0.4, 0.5) is 4.79 Å². The SMILES string of the molecule is CCOC(=O)Oc1nn(-c2ccc(C)cc2)c(=N)c(C#N)c1C(C)C. The number of carbonyl (C=O) groups is 1. The molecule has 2 aromatic rings. The Bertz CT molecular complexity index is 877. The summed E-state index contributed by atoms with van der Waals surface area (Å²) in [5, 5.41) is 22.2. The lowest BCUT2D eigenvalue weighted by Crippen LogP contribution is -2.28. The number of benzene rings is 1. The molecule has 2 rings (SSSR count). The van der Waals surface area contributed by atoms with Crippen molar-refractivity contribution >= 4 is 6.16 Å². The first kappa shape index (κ1) is 18.2. The summed E-state index contributed by atoms with van der Waals surface area (Å²) in [6, 6.07) is 9.34. The van der Waals surface area contributed by atoms with E-state index in [-0.39, 0.29) is 29.5 Å². The van der Waals surface area contributed by atoms with E-state index in [9.17, 15) is 10.1 Å². The summed E-state index contributed by atoms with van der Waals surface area (Å²) >= 11 is 0. The molecule has 0 aliphatic carbocycles. The van der Waals surface area contributed by atoms with Gasteiger partial charge < -0.3 is 9.47 Å². The van der Waals surface area contributed by atoms with Crippen LogP contribution in [0.3, 0.4) is 0 Å². The van der Waals surface area contributed by atoms with Crippen LogP contribution < -0.4 is 10.2 Å². The molecule has 7 heteroatoms. The number of nitrogens with zero attached hydrogens (tertiary/aromatic N) is 3. The minimum atomic E-state index is -0.894. The largest absolute Gasteiger partial charge is 0.515 e. The Kier molecular flexibility index (Phi) is 5.55. The molecule has 1 N–H and O–H groups in total. The second-order valence-electron chi connectivity index (χ2n) is 5.74. The molecular weight excluding hydrogens is 320 g/mol. The van der Waals surface area contributed by atoms with Gasteiger partial charge in [0, 0.05) is 5.56 Å². The van der Waals surface area contributed by atoms with Crippen molar-refractivity contribution in [3.63, 3.8) is 0 Å². The predicted octanol–water partition coefficient (Wildman–Crippen LogP) is 3.19. The average Bonchev–Trinajstić information content (AvgIpc) is 2.56. The Morgan fingerprint density at radius 3 is 2.52 bits per heavy atom. The van der Waals surface area contributed by atoms with Gasteiger partial charge in [-0.3, -0.25) is 5.41 Å². The zero-order valence-electron chi connectivity index (χ0n) is 14.7. The van der Waals surface area contributed by atoms with E-state index in [0.717, 1.165) is 5.56 Å². The Labute approximate surface area is 145 Å². The van der Waals surface area contributed by atoms with E-state index in [4.69, 9.17) is 14.9 Å². The maximum atomic E-state index is 11.7. The molecule has 1 aromatic carbocycles. The molecule has 0 bridgehead atoms. The molecule has 0 spiro atoms. The van der Waals surface area contributed by atoms with Crippen LogP contribution in [-0.4, -0.2) is 22.5 Å². The van der Waals surface area contributed by atoms with Gasteiger partial charge in [0.15, 0.2) is 5.49 Å². The molecule has 130 valence electrons. The van der Waals surface area contributed by atoms with Gasteiger partial charge in [-0.05, 0) is 31.9 Å². The van der Waals surface area contributed by atoms with E-state index in [1.54, 1.807) is 19.1 Å². The number of hydrogen-bond donors (Lipinski definition) is 1. The fraction of sp³-hybridized carbons (Fsp3) is 0.333. The maximum absolute atomic E-state index is 11.7. The first-order chi connectivity index (χ1) is 11.9. The Balaban J connectivity index is 2.70. The molecule has 0 saturated heterocycles. The lowest BCUT2D eigenvalue weighted by Gasteiger charge is -2.16. The summed E-state index contributed by atoms with van der Waals surface area (Å²) < 4.78 is 11.3. The zero-order valence-corrected chi connectivity index (χ0v) is 14.7. The lowest BCUT2D eigenvalue weighted by atomic mass is 10.00. The van der Waals surface area contributed by atoms with Crippen LogP contribution in [-0.2, 0) is 4.74 Å². The molecule has 0 unspecified atom stereocenters. The number of hydrogen-bond acceptors (Lipinski definition) is 6. The third-order valence-corrected chi connectivity index (χ3v) is 3.55. The molecule has 0 atom stereocenters. The van der Waals surface area contributed by atoms with Crippen molar-refractivity contribution in [2.24, 2.45) is 0 Å². The van der Waals surface area contributed by atoms with Crippen LogP contribution in [0.15, 0.2) is 24.3 Å². The monoisotopic (exact) mass is 340 g/mol. The third-order valence-electron chi connectivity index (χ3n) is 3.55. The van der Waals surface area contributed by atoms with Gasteiger partial charge in [0.05, 0.1) is 12.3 Å². The normalized spacial score (nSPS) is 10.4. The maximum Gasteiger partial charge on any atom is 0.515 e. The van der Waals surface area contributed by atoms with Crippen molar-refractivity contribution in [1.29, 1.82) is 10.7 Å². The molecule has 25 heavy (non-hydrogen) atoms. The van der Waals surface area contributed by atoms with Gasteiger partial charge in [-0.25, -0.2) is 9.48 Å². The molecule has 0 amide bonds. The number of aryl methyl sites for hydroxylation is 1. The lowest BCUT2D eigenvalue weighted by molar-refractivity contribution is 0.101. The number of ether oxygens (including phenoxy) is 2. The summed E-state index contributed by atoms with van der Waals surface area (Å²) in [6.07, 6.45) is -0.894. The Hall–Kier alpha value is -3.14. The Morgan fingerprint density at radius 1 is 1.36 bits per heavy atom. The fourth-order valence-corrected chi connectivity index (χ4v) is 2.36. The number of carbonyl (C=O) groups excluding carboxylic acids is 1. The van der Waals surface area contributed by atoms with Gasteiger partial charge >= 0.3 is 6.16 Å². The van der Waals surface area contributed by atoms with E-state index in [1.165, 1.54) is 4.68 Å². The molecule has 0 aliphatic rings. The topological polar surface area (TPSA) is 101 Å². The quantitative estimate of drug-likeness (QED) is 0.861. The highest BCUT2D eigenvalue weighted by Gasteiger charge is 2.22. The highest BCUT2D eigenvalue weighted by atomic mass is 16.7. The van der Waals surface area contributed by atoms with E-state index in [1.807, 2.05) is 39.0 Å². The number of nitriles is 1. The van der Waals surface area contributed by atoms with Crippen LogP contribution in [0.25, 0.3) is 5.69 Å². The Morgan fingerprint density at radius 2 is 2.00 bits per heavy atom. The predicted molar refractivity (Wildman–Crippen MR) is 90.6 cm³/mol. The summed E-state index contributed by atoms with van der Waals surface area (Å²) in [4.78, 5) is 11.7. The highest BCUT2D eigenvalue weighted by molar-refractivity contribution is 5.64. The van der Waals surface area contributed by atoms with Crippen LogP contribution in [0.1, 0.15) is 43.4 Å². The summed E-state index contributed by atoms with van der Waals surface area (Å²) in [5.41, 5.74) is 2.11. The van der Waals surface area contributed by atoms with Crippen molar-refractivity contribution in [2.45, 2.75) is 33.6 Å². The minimum Gasteiger partial charge on any atom is -0.434 e. The smallest absolute Gasteiger partial charge is 0.434 e. The van der Waals surface area contributed by atoms with Crippen LogP contribution in [0.5, 0.6) is 5.88 Å². The van der Waals surface area contributed by atoms with Gasteiger partial charge in [0.1, 0.15) is 11.6 Å². The van der Waals surface area contributed by atoms with Crippen molar-refractivity contribution in [3.05, 3.63) is 46.4 Å². The summed E-state index contributed by atoms with van der Waals surface area (Å²) in [6.45, 7) is 7.45. The van der Waals surface area contributed by atoms with Gasteiger partial charge in [0.25, 0.3) is 0 Å². The summed E-state index contributed by atoms with van der Waals surface area (Å²) in [7, 11) is 0. The van der Waals surface area contributed by atoms with Crippen LogP contribution in [0, 0.1) is 23.7 Å². The van der Waals surface area contributed by atoms with Crippen LogP contribution in [0.2, 0.25) is 0 Å². The highest BCUT2D eigenvalue weighted by Crippen LogP contribution is 2.26. The van der Waals surface area contributed by atoms with E-state index in [0.29, 0.717) is 11.3 Å². The fourth-order valence-electron chi connectivity index (χ4n) is 2.36. The average molecular weight is 340 g/mol. The number of aromatic nitrogens is 2. The minimum absolute atomic E-state index is 0.0263. The van der Waals surface area contributed by atoms with E-state index >= 15 is 0 Å². The first-order valence-electron chi connectivity index (χ1n) is 7.92. The second-order valence-corrected chi connectivity index (χ2v) is 5.74. The van der Waals surface area contributed by atoms with Crippen molar-refractivity contribution in [1.82, 2.24) is 9.78 Å². The van der Waals surface area contributed by atoms with Crippen molar-refractivity contribution in [2.75, 3.05) is 6.61 Å². The van der Waals surface area contributed by atoms with Crippen LogP contribution >= 0.6 is 0 Å². The molecule has 1 heterocycles. The third kappa shape index (κ3) is 3.86. The standard InChI is InChI=1S/C18H20N4O3/c1-5-24-18(23)25-17-15(11(2)3)14(10-19)16(20)22(21-17)13-8-6-12(4)7-9-13/h6-9,11,20H,5H2,1-4H3. The zero-order chi connectivity index (χ0) is 18.6. The molecule has 0 aliphatic heterocycles. The molecule has 0 fully saturated rings. The van der Waals surface area contributed by atoms with Crippen molar-refractivity contribution in [3.8, 4) is 17.6 Å². The van der Waals surface area contributed by atoms with E-state index < -0.39 is 6.16 Å². The van der Waals surface area contributed by atoms with Gasteiger partial charge in [-0.1, -0.05) is 31.5 Å². The molecule has 7 nitrogen and oxygen atoms in total. The molecule has 0 radical (unpaired) electrons. The van der Waals surface area contributed by atoms with Gasteiger partial charge in [-0.2, -0.15) is 5.26 Å². The molecular formula is C18H20N4O3. The van der Waals surface area contributed by atoms with Gasteiger partial charge in [0.2, 0.25) is 5.88 Å². The van der Waals surface area contributed by atoms with Crippen molar-refractivity contribution < 1.29 is 14.3 Å². The van der Waals surface area contributed by atoms with E-state index in [2.05, 4.69) is 5.10 Å². The number of nitrogens with one attached hydrogen (secondary N) is 1. The van der Waals surface area contributed by atoms with Gasteiger partial charge in [-0.15, -0.1) is 5.10 Å². The first-order valence-corrected chi connectivity index (χ1v) is 7.92. The molecule has 0 saturated carbocycles. The number of rotatable bonds is 4.